The summed E-state index contributed by atoms with van der Waals surface area (Å²) in [7, 11) is 0. The Hall–Kier alpha value is -2.97. The molecule has 3 amide bonds. The maximum atomic E-state index is 12.5. The van der Waals surface area contributed by atoms with Gasteiger partial charge in [-0.1, -0.05) is 35.9 Å². The first-order valence-corrected chi connectivity index (χ1v) is 9.77. The molecule has 0 spiro atoms. The van der Waals surface area contributed by atoms with Gasteiger partial charge in [0.25, 0.3) is 17.1 Å². The number of ether oxygens (including phenoxy) is 2. The van der Waals surface area contributed by atoms with Gasteiger partial charge >= 0.3 is 0 Å². The number of carbonyl (C=O) groups is 3. The molecule has 0 unspecified atom stereocenters. The normalized spacial score (nSPS) is 15.1. The second-order valence-electron chi connectivity index (χ2n) is 5.94. The predicted molar refractivity (Wildman–Crippen MR) is 111 cm³/mol. The Morgan fingerprint density at radius 1 is 1.10 bits per heavy atom. The van der Waals surface area contributed by atoms with Crippen molar-refractivity contribution in [1.82, 2.24) is 4.90 Å². The van der Waals surface area contributed by atoms with E-state index in [9.17, 15) is 14.4 Å². The first-order chi connectivity index (χ1) is 13.9. The number of nitrogens with two attached hydrogens (primary N) is 1. The number of para-hydroxylation sites is 1. The summed E-state index contributed by atoms with van der Waals surface area (Å²) < 4.78 is 10.7. The van der Waals surface area contributed by atoms with Gasteiger partial charge in [-0.15, -0.1) is 0 Å². The summed E-state index contributed by atoms with van der Waals surface area (Å²) in [5.74, 6) is 0.0270. The quantitative estimate of drug-likeness (QED) is 0.642. The number of nitrogens with zero attached hydrogens (tertiary/aromatic N) is 1. The third-order valence-electron chi connectivity index (χ3n) is 3.84. The van der Waals surface area contributed by atoms with Crippen molar-refractivity contribution in [3.63, 3.8) is 0 Å². The van der Waals surface area contributed by atoms with Crippen LogP contribution in [0.1, 0.15) is 5.56 Å². The van der Waals surface area contributed by atoms with Crippen molar-refractivity contribution in [2.45, 2.75) is 0 Å². The minimum atomic E-state index is -0.568. The number of benzene rings is 2. The monoisotopic (exact) mass is 432 g/mol. The van der Waals surface area contributed by atoms with E-state index in [-0.39, 0.29) is 30.9 Å². The van der Waals surface area contributed by atoms with Crippen LogP contribution in [0.25, 0.3) is 6.08 Å². The van der Waals surface area contributed by atoms with E-state index in [1.165, 1.54) is 0 Å². The number of rotatable bonds is 8. The van der Waals surface area contributed by atoms with E-state index in [4.69, 9.17) is 26.8 Å². The van der Waals surface area contributed by atoms with Crippen LogP contribution in [0.5, 0.6) is 11.5 Å². The van der Waals surface area contributed by atoms with E-state index >= 15 is 0 Å². The van der Waals surface area contributed by atoms with Crippen molar-refractivity contribution in [2.24, 2.45) is 5.73 Å². The molecule has 2 N–H and O–H groups in total. The zero-order chi connectivity index (χ0) is 20.8. The van der Waals surface area contributed by atoms with Crippen LogP contribution in [0, 0.1) is 0 Å². The molecule has 1 aliphatic rings. The fourth-order valence-electron chi connectivity index (χ4n) is 2.47. The van der Waals surface area contributed by atoms with Gasteiger partial charge in [0.2, 0.25) is 0 Å². The van der Waals surface area contributed by atoms with Crippen LogP contribution in [0.15, 0.2) is 53.4 Å². The number of imide groups is 1. The van der Waals surface area contributed by atoms with Gasteiger partial charge in [0.1, 0.15) is 18.1 Å². The van der Waals surface area contributed by atoms with Crippen molar-refractivity contribution in [2.75, 3.05) is 19.8 Å². The van der Waals surface area contributed by atoms with Crippen LogP contribution in [-0.2, 0) is 9.59 Å². The van der Waals surface area contributed by atoms with Gasteiger partial charge in [-0.25, -0.2) is 0 Å². The third kappa shape index (κ3) is 5.52. The Morgan fingerprint density at radius 2 is 1.83 bits per heavy atom. The lowest BCUT2D eigenvalue weighted by Crippen LogP contribution is -2.32. The largest absolute Gasteiger partial charge is 0.490 e. The van der Waals surface area contributed by atoms with Crippen LogP contribution < -0.4 is 15.2 Å². The molecule has 1 aliphatic heterocycles. The molecule has 9 heteroatoms. The lowest BCUT2D eigenvalue weighted by molar-refractivity contribution is -0.123. The summed E-state index contributed by atoms with van der Waals surface area (Å²) in [4.78, 5) is 36.9. The van der Waals surface area contributed by atoms with Crippen molar-refractivity contribution >= 4 is 46.5 Å². The highest BCUT2D eigenvalue weighted by Gasteiger charge is 2.34. The van der Waals surface area contributed by atoms with Crippen LogP contribution >= 0.6 is 23.4 Å². The van der Waals surface area contributed by atoms with Crippen molar-refractivity contribution < 1.29 is 23.9 Å². The Kier molecular flexibility index (Phi) is 6.79. The maximum Gasteiger partial charge on any atom is 0.293 e. The van der Waals surface area contributed by atoms with Crippen LogP contribution in [-0.4, -0.2) is 41.7 Å². The predicted octanol–water partition coefficient (Wildman–Crippen LogP) is 3.32. The van der Waals surface area contributed by atoms with Gasteiger partial charge in [0.15, 0.2) is 6.61 Å². The minimum absolute atomic E-state index is 0.118. The molecular formula is C20H17ClN2O5S. The molecule has 7 nitrogen and oxygen atoms in total. The highest BCUT2D eigenvalue weighted by Crippen LogP contribution is 2.32. The SMILES string of the molecule is NC(=O)COc1ccc(/C=C2\SC(=O)N(CCOc3ccccc3Cl)C2=O)cc1. The summed E-state index contributed by atoms with van der Waals surface area (Å²) in [5.41, 5.74) is 5.75. The lowest BCUT2D eigenvalue weighted by Gasteiger charge is -2.13. The Labute approximate surface area is 176 Å². The molecule has 0 atom stereocenters. The molecule has 1 saturated heterocycles. The average Bonchev–Trinajstić information content (AvgIpc) is 2.96. The molecule has 150 valence electrons. The number of hydrogen-bond acceptors (Lipinski definition) is 6. The number of carbonyl (C=O) groups excluding carboxylic acids is 3. The standard InChI is InChI=1S/C20H17ClN2O5S/c21-15-3-1-2-4-16(15)27-10-9-23-19(25)17(29-20(23)26)11-13-5-7-14(8-6-13)28-12-18(22)24/h1-8,11H,9-10,12H2,(H2,22,24)/b17-11-. The highest BCUT2D eigenvalue weighted by atomic mass is 35.5. The number of halogens is 1. The second-order valence-corrected chi connectivity index (χ2v) is 7.34. The molecule has 0 bridgehead atoms. The highest BCUT2D eigenvalue weighted by molar-refractivity contribution is 8.18. The Balaban J connectivity index is 1.59. The summed E-state index contributed by atoms with van der Waals surface area (Å²) in [6.45, 7) is 0.0442. The lowest BCUT2D eigenvalue weighted by atomic mass is 10.2. The second kappa shape index (κ2) is 9.49. The summed E-state index contributed by atoms with van der Waals surface area (Å²) >= 11 is 6.89. The van der Waals surface area contributed by atoms with Crippen LogP contribution in [0.4, 0.5) is 4.79 Å². The zero-order valence-electron chi connectivity index (χ0n) is 15.2. The molecule has 2 aromatic carbocycles. The summed E-state index contributed by atoms with van der Waals surface area (Å²) in [5, 5.41) is 0.107. The molecule has 3 rings (SSSR count). The van der Waals surface area contributed by atoms with Crippen molar-refractivity contribution in [3.05, 3.63) is 64.0 Å². The summed E-state index contributed by atoms with van der Waals surface area (Å²) in [6, 6.07) is 13.7. The smallest absolute Gasteiger partial charge is 0.293 e. The fraction of sp³-hybridized carbons (Fsp3) is 0.150. The number of hydrogen-bond donors (Lipinski definition) is 1. The molecular weight excluding hydrogens is 416 g/mol. The number of primary amides is 1. The van der Waals surface area contributed by atoms with Gasteiger partial charge < -0.3 is 15.2 Å². The molecule has 1 heterocycles. The molecule has 0 aliphatic carbocycles. The molecule has 0 aromatic heterocycles. The fourth-order valence-corrected chi connectivity index (χ4v) is 3.52. The molecule has 2 aromatic rings. The average molecular weight is 433 g/mol. The van der Waals surface area contributed by atoms with Crippen molar-refractivity contribution in [3.8, 4) is 11.5 Å². The van der Waals surface area contributed by atoms with E-state index in [2.05, 4.69) is 0 Å². The maximum absolute atomic E-state index is 12.5. The van der Waals surface area contributed by atoms with Gasteiger partial charge in [-0.3, -0.25) is 19.3 Å². The molecule has 29 heavy (non-hydrogen) atoms. The number of amides is 3. The zero-order valence-corrected chi connectivity index (χ0v) is 16.7. The summed E-state index contributed by atoms with van der Waals surface area (Å²) in [6.07, 6.45) is 1.62. The van der Waals surface area contributed by atoms with Crippen LogP contribution in [0.2, 0.25) is 5.02 Å². The van der Waals surface area contributed by atoms with Crippen LogP contribution in [0.3, 0.4) is 0 Å². The Morgan fingerprint density at radius 3 is 2.52 bits per heavy atom. The van der Waals surface area contributed by atoms with Crippen molar-refractivity contribution in [1.29, 1.82) is 0 Å². The van der Waals surface area contributed by atoms with E-state index in [1.54, 1.807) is 54.6 Å². The first kappa shape index (κ1) is 20.8. The molecule has 0 saturated carbocycles. The minimum Gasteiger partial charge on any atom is -0.490 e. The van der Waals surface area contributed by atoms with E-state index in [0.29, 0.717) is 27.0 Å². The van der Waals surface area contributed by atoms with E-state index in [1.807, 2.05) is 0 Å². The third-order valence-corrected chi connectivity index (χ3v) is 5.06. The van der Waals surface area contributed by atoms with Gasteiger partial charge in [-0.05, 0) is 47.7 Å². The van der Waals surface area contributed by atoms with Gasteiger partial charge in [0.05, 0.1) is 16.5 Å². The number of thioether (sulfide) groups is 1. The van der Waals surface area contributed by atoms with Gasteiger partial charge in [0, 0.05) is 0 Å². The topological polar surface area (TPSA) is 98.9 Å². The molecule has 1 fully saturated rings. The van der Waals surface area contributed by atoms with E-state index < -0.39 is 5.91 Å². The van der Waals surface area contributed by atoms with Gasteiger partial charge in [-0.2, -0.15) is 0 Å². The Bertz CT molecular complexity index is 962. The first-order valence-electron chi connectivity index (χ1n) is 8.58. The van der Waals surface area contributed by atoms with E-state index in [0.717, 1.165) is 16.7 Å². The molecule has 0 radical (unpaired) electrons.